The van der Waals surface area contributed by atoms with Crippen LogP contribution in [-0.4, -0.2) is 40.6 Å². The van der Waals surface area contributed by atoms with E-state index in [9.17, 15) is 4.79 Å². The van der Waals surface area contributed by atoms with Crippen LogP contribution in [0.4, 0.5) is 0 Å². The van der Waals surface area contributed by atoms with Crippen LogP contribution in [0.25, 0.3) is 0 Å². The van der Waals surface area contributed by atoms with E-state index in [1.165, 1.54) is 83.5 Å². The molecule has 0 aliphatic rings. The van der Waals surface area contributed by atoms with Crippen LogP contribution in [0.2, 0.25) is 0 Å². The topological polar surface area (TPSA) is 125 Å². The fourth-order valence-electron chi connectivity index (χ4n) is 3.46. The molecule has 1 atom stereocenters. The summed E-state index contributed by atoms with van der Waals surface area (Å²) in [5, 5.41) is 28.6. The van der Waals surface area contributed by atoms with E-state index in [4.69, 9.17) is 20.4 Å². The Balaban J connectivity index is 0. The molecule has 0 aromatic carbocycles. The first-order valence-corrected chi connectivity index (χ1v) is 12.4. The summed E-state index contributed by atoms with van der Waals surface area (Å²) in [6.07, 6.45) is 21.6. The van der Waals surface area contributed by atoms with Gasteiger partial charge < -0.3 is 15.6 Å². The first-order chi connectivity index (χ1) is 15.0. The third-order valence-electron chi connectivity index (χ3n) is 5.25. The van der Waals surface area contributed by atoms with Crippen molar-refractivity contribution in [2.24, 2.45) is 0 Å². The molecule has 186 valence electrons. The van der Waals surface area contributed by atoms with Gasteiger partial charge in [-0.2, -0.15) is 0 Å². The second kappa shape index (κ2) is 26.6. The maximum absolute atomic E-state index is 11.9. The van der Waals surface area contributed by atoms with E-state index in [1.807, 2.05) is 6.92 Å². The Hall–Kier alpha value is -1.41. The number of rotatable bonds is 21. The Morgan fingerprint density at radius 3 is 1.58 bits per heavy atom. The van der Waals surface area contributed by atoms with Crippen molar-refractivity contribution >= 4 is 5.91 Å². The lowest BCUT2D eigenvalue weighted by Crippen LogP contribution is -2.45. The van der Waals surface area contributed by atoms with Crippen molar-refractivity contribution in [3.05, 3.63) is 10.1 Å². The van der Waals surface area contributed by atoms with E-state index in [1.54, 1.807) is 0 Å². The number of nitrogens with one attached hydrogen (secondary N) is 2. The molecule has 0 heterocycles. The maximum Gasteiger partial charge on any atom is 0.291 e. The Labute approximate surface area is 189 Å². The van der Waals surface area contributed by atoms with E-state index in [0.717, 1.165) is 19.3 Å². The molecule has 0 fully saturated rings. The number of amides is 1. The first-order valence-electron chi connectivity index (χ1n) is 12.4. The minimum atomic E-state index is -1.50. The van der Waals surface area contributed by atoms with E-state index >= 15 is 0 Å². The zero-order chi connectivity index (χ0) is 23.6. The molecular formula is C23H49N3O5. The van der Waals surface area contributed by atoms with Gasteiger partial charge in [0, 0.05) is 13.0 Å². The number of hydrogen-bond acceptors (Lipinski definition) is 5. The number of aliphatic hydroxyl groups is 1. The van der Waals surface area contributed by atoms with Crippen molar-refractivity contribution in [3.63, 3.8) is 0 Å². The van der Waals surface area contributed by atoms with Crippen LogP contribution in [0.5, 0.6) is 0 Å². The summed E-state index contributed by atoms with van der Waals surface area (Å²) < 4.78 is 0. The lowest BCUT2D eigenvalue weighted by Gasteiger charge is -2.18. The Bertz CT molecular complexity index is 393. The molecule has 8 nitrogen and oxygen atoms in total. The van der Waals surface area contributed by atoms with E-state index < -0.39 is 5.09 Å². The number of hydrogen-bond donors (Lipinski definition) is 4. The number of unbranched alkanes of at least 4 members (excludes halogenated alkanes) is 14. The normalized spacial score (nSPS) is 11.5. The molecule has 0 spiro atoms. The molecule has 0 aromatic heterocycles. The maximum atomic E-state index is 11.9. The molecule has 0 aliphatic heterocycles. The Morgan fingerprint density at radius 2 is 1.23 bits per heavy atom. The minimum Gasteiger partial charge on any atom is -0.395 e. The van der Waals surface area contributed by atoms with Gasteiger partial charge in [-0.1, -0.05) is 104 Å². The largest absolute Gasteiger partial charge is 0.395 e. The van der Waals surface area contributed by atoms with E-state index in [2.05, 4.69) is 17.6 Å². The Morgan fingerprint density at radius 1 is 0.839 bits per heavy atom. The molecule has 0 saturated carbocycles. The second-order valence-corrected chi connectivity index (χ2v) is 8.14. The van der Waals surface area contributed by atoms with E-state index in [0.29, 0.717) is 13.0 Å². The van der Waals surface area contributed by atoms with Crippen LogP contribution in [0.3, 0.4) is 0 Å². The molecule has 31 heavy (non-hydrogen) atoms. The fourth-order valence-corrected chi connectivity index (χ4v) is 3.46. The van der Waals surface area contributed by atoms with Crippen molar-refractivity contribution in [3.8, 4) is 0 Å². The average molecular weight is 448 g/mol. The molecule has 1 unspecified atom stereocenters. The van der Waals surface area contributed by atoms with Gasteiger partial charge in [-0.3, -0.25) is 10.1 Å². The average Bonchev–Trinajstić information content (AvgIpc) is 2.73. The van der Waals surface area contributed by atoms with Crippen molar-refractivity contribution in [1.29, 1.82) is 0 Å². The zero-order valence-corrected chi connectivity index (χ0v) is 20.1. The fraction of sp³-hybridized carbons (Fsp3) is 0.957. The highest BCUT2D eigenvalue weighted by atomic mass is 16.9. The lowest BCUT2D eigenvalue weighted by atomic mass is 10.0. The van der Waals surface area contributed by atoms with Gasteiger partial charge in [0.25, 0.3) is 5.09 Å². The van der Waals surface area contributed by atoms with E-state index in [-0.39, 0.29) is 18.7 Å². The van der Waals surface area contributed by atoms with Gasteiger partial charge in [0.15, 0.2) is 0 Å². The Kier molecular flexibility index (Phi) is 27.3. The van der Waals surface area contributed by atoms with Crippen LogP contribution >= 0.6 is 0 Å². The summed E-state index contributed by atoms with van der Waals surface area (Å²) in [5.41, 5.74) is 0. The van der Waals surface area contributed by atoms with Crippen LogP contribution in [0, 0.1) is 10.1 Å². The van der Waals surface area contributed by atoms with Gasteiger partial charge >= 0.3 is 0 Å². The highest BCUT2D eigenvalue weighted by molar-refractivity contribution is 5.76. The van der Waals surface area contributed by atoms with Crippen molar-refractivity contribution < 1.29 is 20.2 Å². The predicted octanol–water partition coefficient (Wildman–Crippen LogP) is 5.33. The van der Waals surface area contributed by atoms with Gasteiger partial charge in [0.1, 0.15) is 0 Å². The summed E-state index contributed by atoms with van der Waals surface area (Å²) >= 11 is 0. The quantitative estimate of drug-likeness (QED) is 0.0815. The minimum absolute atomic E-state index is 0.0130. The number of carbonyl (C=O) groups is 1. The summed E-state index contributed by atoms with van der Waals surface area (Å²) in [5.74, 6) is 0.127. The number of carbonyl (C=O) groups excluding carboxylic acids is 1. The molecule has 0 saturated heterocycles. The van der Waals surface area contributed by atoms with Crippen molar-refractivity contribution in [1.82, 2.24) is 10.6 Å². The van der Waals surface area contributed by atoms with Crippen molar-refractivity contribution in [2.45, 2.75) is 129 Å². The molecule has 4 N–H and O–H groups in total. The van der Waals surface area contributed by atoms with Crippen LogP contribution in [0.1, 0.15) is 123 Å². The highest BCUT2D eigenvalue weighted by Crippen LogP contribution is 2.13. The van der Waals surface area contributed by atoms with Gasteiger partial charge in [-0.15, -0.1) is 10.1 Å². The molecule has 8 heteroatoms. The SMILES string of the molecule is CCCCCCCCCCCCCCCCCC(=O)NC(CC)NCCO.O=[N+]([O-])O. The summed E-state index contributed by atoms with van der Waals surface area (Å²) in [7, 11) is 0. The first kappa shape index (κ1) is 31.8. The summed E-state index contributed by atoms with van der Waals surface area (Å²) in [6.45, 7) is 4.94. The summed E-state index contributed by atoms with van der Waals surface area (Å²) in [6, 6.07) is 0. The third kappa shape index (κ3) is 30.9. The molecular weight excluding hydrogens is 398 g/mol. The smallest absolute Gasteiger partial charge is 0.291 e. The molecule has 0 rings (SSSR count). The molecule has 0 aromatic rings. The van der Waals surface area contributed by atoms with Crippen LogP contribution in [-0.2, 0) is 4.79 Å². The lowest BCUT2D eigenvalue weighted by molar-refractivity contribution is -0.742. The van der Waals surface area contributed by atoms with Crippen LogP contribution < -0.4 is 10.6 Å². The van der Waals surface area contributed by atoms with Gasteiger partial charge in [0.2, 0.25) is 5.91 Å². The van der Waals surface area contributed by atoms with Crippen LogP contribution in [0.15, 0.2) is 0 Å². The molecule has 1 amide bonds. The highest BCUT2D eigenvalue weighted by Gasteiger charge is 2.08. The van der Waals surface area contributed by atoms with Gasteiger partial charge in [-0.25, -0.2) is 0 Å². The number of nitrogens with zero attached hydrogens (tertiary/aromatic N) is 1. The molecule has 0 radical (unpaired) electrons. The van der Waals surface area contributed by atoms with Crippen molar-refractivity contribution in [2.75, 3.05) is 13.2 Å². The summed E-state index contributed by atoms with van der Waals surface area (Å²) in [4.78, 5) is 20.3. The monoisotopic (exact) mass is 447 g/mol. The zero-order valence-electron chi connectivity index (χ0n) is 20.1. The standard InChI is InChI=1S/C23H48N2O2.HNO3/c1-3-5-6-7-8-9-10-11-12-13-14-15-16-17-18-19-23(27)25-22(4-2)24-20-21-26;2-1(3)4/h22,24,26H,3-21H2,1-2H3,(H,25,27);(H,2,3,4). The van der Waals surface area contributed by atoms with Gasteiger partial charge in [0.05, 0.1) is 12.8 Å². The number of aliphatic hydroxyl groups excluding tert-OH is 1. The third-order valence-corrected chi connectivity index (χ3v) is 5.25. The van der Waals surface area contributed by atoms with Gasteiger partial charge in [-0.05, 0) is 12.8 Å². The molecule has 0 aliphatic carbocycles. The molecule has 0 bridgehead atoms. The second-order valence-electron chi connectivity index (χ2n) is 8.14. The predicted molar refractivity (Wildman–Crippen MR) is 126 cm³/mol.